The van der Waals surface area contributed by atoms with E-state index in [4.69, 9.17) is 4.74 Å². The van der Waals surface area contributed by atoms with Crippen LogP contribution in [0.25, 0.3) is 0 Å². The molecule has 0 aromatic carbocycles. The second kappa shape index (κ2) is 6.22. The number of hydrazone groups is 1. The van der Waals surface area contributed by atoms with Crippen molar-refractivity contribution < 1.29 is 19.4 Å². The molecule has 2 rings (SSSR count). The van der Waals surface area contributed by atoms with Gasteiger partial charge in [0.05, 0.1) is 11.3 Å². The Labute approximate surface area is 143 Å². The number of ketones is 1. The molecule has 0 radical (unpaired) electrons. The Morgan fingerprint density at radius 3 is 2.33 bits per heavy atom. The van der Waals surface area contributed by atoms with E-state index < -0.39 is 11.7 Å². The number of aliphatic hydroxyl groups is 1. The summed E-state index contributed by atoms with van der Waals surface area (Å²) >= 11 is 0. The van der Waals surface area contributed by atoms with Crippen LogP contribution in [-0.4, -0.2) is 40.4 Å². The molecule has 6 heteroatoms. The van der Waals surface area contributed by atoms with Crippen molar-refractivity contribution in [3.8, 4) is 0 Å². The third-order valence-corrected chi connectivity index (χ3v) is 4.33. The predicted octanol–water partition coefficient (Wildman–Crippen LogP) is 3.82. The van der Waals surface area contributed by atoms with Gasteiger partial charge in [0.25, 0.3) is 0 Å². The number of aliphatic hydroxyl groups excluding tert-OH is 1. The first kappa shape index (κ1) is 18.5. The fraction of sp³-hybridized carbons (Fsp3) is 0.722. The van der Waals surface area contributed by atoms with Gasteiger partial charge >= 0.3 is 6.09 Å². The van der Waals surface area contributed by atoms with Crippen LogP contribution in [0.3, 0.4) is 0 Å². The monoisotopic (exact) mass is 336 g/mol. The van der Waals surface area contributed by atoms with E-state index in [1.54, 1.807) is 20.8 Å². The summed E-state index contributed by atoms with van der Waals surface area (Å²) in [5.74, 6) is -0.206. The standard InChI is InChI=1S/C18H28N2O4/c1-11(2)15(22)14-12(9-18(7-8-18)10-13(14)21)19-20(6)16(23)24-17(3,4)5/h11,22H,7-10H2,1-6H3. The number of carbonyl (C=O) groups excluding carboxylic acids is 2. The van der Waals surface area contributed by atoms with E-state index in [0.29, 0.717) is 18.6 Å². The lowest BCUT2D eigenvalue weighted by Gasteiger charge is -2.27. The largest absolute Gasteiger partial charge is 0.511 e. The number of hydrogen-bond acceptors (Lipinski definition) is 5. The van der Waals surface area contributed by atoms with Gasteiger partial charge in [0, 0.05) is 19.4 Å². The van der Waals surface area contributed by atoms with E-state index in [0.717, 1.165) is 17.9 Å². The second-order valence-electron chi connectivity index (χ2n) is 8.24. The zero-order chi connectivity index (χ0) is 18.3. The molecule has 0 bridgehead atoms. The zero-order valence-electron chi connectivity index (χ0n) is 15.5. The molecular weight excluding hydrogens is 308 g/mol. The summed E-state index contributed by atoms with van der Waals surface area (Å²) in [4.78, 5) is 24.7. The first-order chi connectivity index (χ1) is 10.9. The molecule has 134 valence electrons. The van der Waals surface area contributed by atoms with Crippen molar-refractivity contribution in [1.82, 2.24) is 5.01 Å². The molecule has 0 heterocycles. The molecule has 6 nitrogen and oxygen atoms in total. The van der Waals surface area contributed by atoms with E-state index in [1.807, 2.05) is 13.8 Å². The Balaban J connectivity index is 2.33. The van der Waals surface area contributed by atoms with Gasteiger partial charge in [-0.1, -0.05) is 13.8 Å². The molecular formula is C18H28N2O4. The minimum atomic E-state index is -0.621. The molecule has 0 aromatic rings. The van der Waals surface area contributed by atoms with Crippen LogP contribution in [0, 0.1) is 11.3 Å². The second-order valence-corrected chi connectivity index (χ2v) is 8.24. The molecule has 2 saturated carbocycles. The Morgan fingerprint density at radius 1 is 1.29 bits per heavy atom. The van der Waals surface area contributed by atoms with Crippen LogP contribution in [0.15, 0.2) is 16.4 Å². The lowest BCUT2D eigenvalue weighted by atomic mass is 9.79. The fourth-order valence-corrected chi connectivity index (χ4v) is 2.84. The van der Waals surface area contributed by atoms with Gasteiger partial charge in [0.1, 0.15) is 11.4 Å². The normalized spacial score (nSPS) is 23.6. The Morgan fingerprint density at radius 2 is 1.88 bits per heavy atom. The summed E-state index contributed by atoms with van der Waals surface area (Å²) in [7, 11) is 1.50. The number of Topliss-reactive ketones (excluding diaryl/α,β-unsaturated/α-hetero) is 1. The maximum absolute atomic E-state index is 12.6. The average Bonchev–Trinajstić information content (AvgIpc) is 3.14. The maximum Gasteiger partial charge on any atom is 0.430 e. The van der Waals surface area contributed by atoms with Crippen LogP contribution < -0.4 is 0 Å². The first-order valence-corrected chi connectivity index (χ1v) is 8.45. The number of hydrogen-bond donors (Lipinski definition) is 1. The van der Waals surface area contributed by atoms with Gasteiger partial charge in [-0.25, -0.2) is 9.80 Å². The Kier molecular flexibility index (Phi) is 4.79. The fourth-order valence-electron chi connectivity index (χ4n) is 2.84. The maximum atomic E-state index is 12.6. The van der Waals surface area contributed by atoms with E-state index >= 15 is 0 Å². The van der Waals surface area contributed by atoms with Gasteiger partial charge in [-0.3, -0.25) is 4.79 Å². The molecule has 2 aliphatic carbocycles. The zero-order valence-corrected chi connectivity index (χ0v) is 15.5. The van der Waals surface area contributed by atoms with Crippen molar-refractivity contribution in [1.29, 1.82) is 0 Å². The minimum Gasteiger partial charge on any atom is -0.511 e. The SMILES string of the molecule is CC(C)C(O)=C1C(=O)CC2(CC2)CC1=NN(C)C(=O)OC(C)(C)C. The molecule has 0 atom stereocenters. The van der Waals surface area contributed by atoms with Crippen molar-refractivity contribution in [3.05, 3.63) is 11.3 Å². The minimum absolute atomic E-state index is 0.0224. The molecule has 0 aromatic heterocycles. The summed E-state index contributed by atoms with van der Waals surface area (Å²) < 4.78 is 5.30. The van der Waals surface area contributed by atoms with Gasteiger partial charge < -0.3 is 9.84 Å². The number of rotatable bonds is 2. The third-order valence-electron chi connectivity index (χ3n) is 4.33. The lowest BCUT2D eigenvalue weighted by Crippen LogP contribution is -2.35. The number of allylic oxidation sites excluding steroid dienone is 2. The summed E-state index contributed by atoms with van der Waals surface area (Å²) in [6.45, 7) is 9.00. The predicted molar refractivity (Wildman–Crippen MR) is 91.8 cm³/mol. The molecule has 24 heavy (non-hydrogen) atoms. The molecule has 1 spiro atoms. The van der Waals surface area contributed by atoms with Crippen molar-refractivity contribution in [2.24, 2.45) is 16.4 Å². The van der Waals surface area contributed by atoms with Gasteiger partial charge in [-0.15, -0.1) is 0 Å². The summed E-state index contributed by atoms with van der Waals surface area (Å²) in [6, 6.07) is 0. The van der Waals surface area contributed by atoms with Crippen LogP contribution in [0.5, 0.6) is 0 Å². The average molecular weight is 336 g/mol. The molecule has 0 unspecified atom stereocenters. The smallest absolute Gasteiger partial charge is 0.430 e. The highest BCUT2D eigenvalue weighted by atomic mass is 16.6. The van der Waals surface area contributed by atoms with E-state index in [1.165, 1.54) is 7.05 Å². The van der Waals surface area contributed by atoms with E-state index in [-0.39, 0.29) is 28.4 Å². The number of nitrogens with zero attached hydrogens (tertiary/aromatic N) is 2. The molecule has 1 amide bonds. The van der Waals surface area contributed by atoms with E-state index in [9.17, 15) is 14.7 Å². The van der Waals surface area contributed by atoms with Gasteiger partial charge in [-0.05, 0) is 45.4 Å². The molecule has 2 fully saturated rings. The van der Waals surface area contributed by atoms with Crippen molar-refractivity contribution >= 4 is 17.6 Å². The summed E-state index contributed by atoms with van der Waals surface area (Å²) in [5.41, 5.74) is 0.122. The molecule has 2 aliphatic rings. The topological polar surface area (TPSA) is 79.2 Å². The number of amides is 1. The van der Waals surface area contributed by atoms with Crippen molar-refractivity contribution in [3.63, 3.8) is 0 Å². The summed E-state index contributed by atoms with van der Waals surface area (Å²) in [6.07, 6.45) is 2.46. The van der Waals surface area contributed by atoms with Crippen molar-refractivity contribution in [2.75, 3.05) is 7.05 Å². The highest BCUT2D eigenvalue weighted by molar-refractivity contribution is 6.25. The highest BCUT2D eigenvalue weighted by Crippen LogP contribution is 2.55. The van der Waals surface area contributed by atoms with Crippen LogP contribution in [0.1, 0.15) is 60.3 Å². The van der Waals surface area contributed by atoms with Crippen LogP contribution in [0.4, 0.5) is 4.79 Å². The molecule has 0 aliphatic heterocycles. The van der Waals surface area contributed by atoms with Crippen LogP contribution in [0.2, 0.25) is 0 Å². The van der Waals surface area contributed by atoms with Crippen molar-refractivity contribution in [2.45, 2.75) is 65.9 Å². The lowest BCUT2D eigenvalue weighted by molar-refractivity contribution is -0.116. The summed E-state index contributed by atoms with van der Waals surface area (Å²) in [5, 5.41) is 15.8. The van der Waals surface area contributed by atoms with Gasteiger partial charge in [0.15, 0.2) is 5.78 Å². The Hall–Kier alpha value is -1.85. The van der Waals surface area contributed by atoms with Crippen LogP contribution in [-0.2, 0) is 9.53 Å². The molecule has 1 N–H and O–H groups in total. The number of ether oxygens (including phenoxy) is 1. The third kappa shape index (κ3) is 4.16. The highest BCUT2D eigenvalue weighted by Gasteiger charge is 2.50. The number of carbonyl (C=O) groups is 2. The first-order valence-electron chi connectivity index (χ1n) is 8.45. The molecule has 0 saturated heterocycles. The van der Waals surface area contributed by atoms with Gasteiger partial charge in [0.2, 0.25) is 0 Å². The van der Waals surface area contributed by atoms with Crippen LogP contribution >= 0.6 is 0 Å². The van der Waals surface area contributed by atoms with Gasteiger partial charge in [-0.2, -0.15) is 5.10 Å². The Bertz CT molecular complexity index is 607. The quantitative estimate of drug-likeness (QED) is 0.472. The van der Waals surface area contributed by atoms with E-state index in [2.05, 4.69) is 5.10 Å².